The van der Waals surface area contributed by atoms with E-state index in [0.717, 1.165) is 12.3 Å². The summed E-state index contributed by atoms with van der Waals surface area (Å²) < 4.78 is 0. The average molecular weight is 278 g/mol. The van der Waals surface area contributed by atoms with E-state index in [1.165, 1.54) is 24.8 Å². The molecule has 0 spiro atoms. The minimum atomic E-state index is 0.627. The van der Waals surface area contributed by atoms with E-state index in [-0.39, 0.29) is 0 Å². The molecular formula is C21H26. The molecular weight excluding hydrogens is 252 g/mol. The van der Waals surface area contributed by atoms with E-state index in [4.69, 9.17) is 0 Å². The molecule has 1 atom stereocenters. The van der Waals surface area contributed by atoms with Crippen LogP contribution in [0.3, 0.4) is 0 Å². The zero-order valence-corrected chi connectivity index (χ0v) is 13.3. The van der Waals surface area contributed by atoms with Gasteiger partial charge >= 0.3 is 0 Å². The Labute approximate surface area is 129 Å². The Morgan fingerprint density at radius 2 is 1.57 bits per heavy atom. The number of hydrogen-bond donors (Lipinski definition) is 0. The first-order valence-corrected chi connectivity index (χ1v) is 8.35. The molecule has 0 heteroatoms. The van der Waals surface area contributed by atoms with E-state index < -0.39 is 0 Å². The summed E-state index contributed by atoms with van der Waals surface area (Å²) in [5.74, 6) is 2.25. The highest BCUT2D eigenvalue weighted by atomic mass is 14.3. The van der Waals surface area contributed by atoms with E-state index in [1.54, 1.807) is 11.1 Å². The number of rotatable bonds is 6. The number of hydrogen-bond acceptors (Lipinski definition) is 0. The smallest absolute Gasteiger partial charge is 0.00957 e. The Morgan fingerprint density at radius 3 is 2.24 bits per heavy atom. The van der Waals surface area contributed by atoms with E-state index in [2.05, 4.69) is 68.4 Å². The third-order valence-corrected chi connectivity index (χ3v) is 4.76. The fourth-order valence-corrected chi connectivity index (χ4v) is 3.29. The van der Waals surface area contributed by atoms with E-state index >= 15 is 0 Å². The minimum absolute atomic E-state index is 0.627. The van der Waals surface area contributed by atoms with Crippen LogP contribution in [-0.4, -0.2) is 0 Å². The van der Waals surface area contributed by atoms with Gasteiger partial charge in [-0.3, -0.25) is 0 Å². The summed E-state index contributed by atoms with van der Waals surface area (Å²) in [6.07, 6.45) is 5.30. The van der Waals surface area contributed by atoms with Gasteiger partial charge in [-0.25, -0.2) is 0 Å². The van der Waals surface area contributed by atoms with Crippen LogP contribution >= 0.6 is 0 Å². The molecule has 1 aliphatic carbocycles. The summed E-state index contributed by atoms with van der Waals surface area (Å²) in [6, 6.07) is 20.1. The van der Waals surface area contributed by atoms with Crippen molar-refractivity contribution in [2.75, 3.05) is 0 Å². The second-order valence-electron chi connectivity index (χ2n) is 6.89. The van der Waals surface area contributed by atoms with Crippen molar-refractivity contribution in [3.63, 3.8) is 0 Å². The lowest BCUT2D eigenvalue weighted by Gasteiger charge is -2.24. The second-order valence-corrected chi connectivity index (χ2v) is 6.89. The summed E-state index contributed by atoms with van der Waals surface area (Å²) in [7, 11) is 0. The van der Waals surface area contributed by atoms with Crippen LogP contribution in [0, 0.1) is 11.8 Å². The summed E-state index contributed by atoms with van der Waals surface area (Å²) >= 11 is 0. The van der Waals surface area contributed by atoms with Crippen molar-refractivity contribution in [1.29, 1.82) is 0 Å². The minimum Gasteiger partial charge on any atom is -0.0622 e. The van der Waals surface area contributed by atoms with Crippen LogP contribution in [0.4, 0.5) is 0 Å². The molecule has 0 amide bonds. The van der Waals surface area contributed by atoms with Gasteiger partial charge in [0, 0.05) is 0 Å². The predicted molar refractivity (Wildman–Crippen MR) is 90.6 cm³/mol. The van der Waals surface area contributed by atoms with Crippen molar-refractivity contribution in [2.45, 2.75) is 45.4 Å². The van der Waals surface area contributed by atoms with Crippen molar-refractivity contribution >= 4 is 0 Å². The van der Waals surface area contributed by atoms with Crippen LogP contribution in [0.1, 0.15) is 49.3 Å². The van der Waals surface area contributed by atoms with Gasteiger partial charge in [0.15, 0.2) is 0 Å². The lowest BCUT2D eigenvalue weighted by Crippen LogP contribution is -2.13. The first-order valence-electron chi connectivity index (χ1n) is 8.35. The maximum Gasteiger partial charge on any atom is -0.00957 e. The van der Waals surface area contributed by atoms with Crippen molar-refractivity contribution in [3.8, 4) is 0 Å². The molecule has 0 nitrogen and oxygen atoms in total. The molecule has 0 saturated heterocycles. The van der Waals surface area contributed by atoms with Crippen molar-refractivity contribution in [2.24, 2.45) is 11.8 Å². The van der Waals surface area contributed by atoms with Crippen molar-refractivity contribution in [1.82, 2.24) is 0 Å². The van der Waals surface area contributed by atoms with Crippen LogP contribution in [0.2, 0.25) is 0 Å². The Hall–Kier alpha value is -1.56. The lowest BCUT2D eigenvalue weighted by atomic mass is 9.80. The Morgan fingerprint density at radius 1 is 0.905 bits per heavy atom. The van der Waals surface area contributed by atoms with Gasteiger partial charge in [0.2, 0.25) is 0 Å². The summed E-state index contributed by atoms with van der Waals surface area (Å²) in [6.45, 7) is 4.73. The normalized spacial score (nSPS) is 16.1. The van der Waals surface area contributed by atoms with Crippen molar-refractivity contribution < 1.29 is 0 Å². The highest BCUT2D eigenvalue weighted by Gasteiger charge is 2.25. The largest absolute Gasteiger partial charge is 0.0622 e. The molecule has 0 N–H and O–H groups in total. The summed E-state index contributed by atoms with van der Waals surface area (Å²) in [5.41, 5.74) is 4.63. The lowest BCUT2D eigenvalue weighted by molar-refractivity contribution is 0.491. The Balaban J connectivity index is 1.86. The van der Waals surface area contributed by atoms with E-state index in [0.29, 0.717) is 11.8 Å². The van der Waals surface area contributed by atoms with E-state index in [9.17, 15) is 0 Å². The van der Waals surface area contributed by atoms with Gasteiger partial charge in [0.05, 0.1) is 0 Å². The van der Waals surface area contributed by atoms with Gasteiger partial charge in [0.1, 0.15) is 0 Å². The molecule has 0 aliphatic heterocycles. The van der Waals surface area contributed by atoms with Gasteiger partial charge in [-0.05, 0) is 60.1 Å². The SMILES string of the molecule is CC(C)C(Cc1ccccc1)c1ccccc1CC1CC1. The third kappa shape index (κ3) is 3.75. The molecule has 21 heavy (non-hydrogen) atoms. The average Bonchev–Trinajstić information content (AvgIpc) is 3.30. The highest BCUT2D eigenvalue weighted by Crippen LogP contribution is 2.37. The van der Waals surface area contributed by atoms with Gasteiger partial charge in [0.25, 0.3) is 0 Å². The molecule has 0 radical (unpaired) electrons. The molecule has 3 rings (SSSR count). The standard InChI is InChI=1S/C21H26/c1-16(2)21(15-17-8-4-3-5-9-17)20-11-7-6-10-19(20)14-18-12-13-18/h3-11,16,18,21H,12-15H2,1-2H3. The molecule has 1 fully saturated rings. The highest BCUT2D eigenvalue weighted by molar-refractivity contribution is 5.33. The maximum absolute atomic E-state index is 2.37. The molecule has 2 aromatic carbocycles. The second kappa shape index (κ2) is 6.47. The Bertz CT molecular complexity index is 564. The third-order valence-electron chi connectivity index (χ3n) is 4.76. The first-order chi connectivity index (χ1) is 10.2. The maximum atomic E-state index is 2.37. The summed E-state index contributed by atoms with van der Waals surface area (Å²) in [4.78, 5) is 0. The first kappa shape index (κ1) is 14.4. The number of benzene rings is 2. The van der Waals surface area contributed by atoms with Crippen molar-refractivity contribution in [3.05, 3.63) is 71.3 Å². The predicted octanol–water partition coefficient (Wildman–Crippen LogP) is 5.62. The fourth-order valence-electron chi connectivity index (χ4n) is 3.29. The van der Waals surface area contributed by atoms with Crippen LogP contribution in [0.5, 0.6) is 0 Å². The zero-order valence-electron chi connectivity index (χ0n) is 13.3. The van der Waals surface area contributed by atoms with Gasteiger partial charge < -0.3 is 0 Å². The molecule has 0 aromatic heterocycles. The molecule has 0 bridgehead atoms. The zero-order chi connectivity index (χ0) is 14.7. The van der Waals surface area contributed by atoms with Crippen LogP contribution < -0.4 is 0 Å². The van der Waals surface area contributed by atoms with Crippen LogP contribution in [0.25, 0.3) is 0 Å². The molecule has 110 valence electrons. The Kier molecular flexibility index (Phi) is 4.43. The van der Waals surface area contributed by atoms with E-state index in [1.807, 2.05) is 0 Å². The molecule has 1 saturated carbocycles. The summed E-state index contributed by atoms with van der Waals surface area (Å²) in [5, 5.41) is 0. The van der Waals surface area contributed by atoms with Gasteiger partial charge in [-0.15, -0.1) is 0 Å². The van der Waals surface area contributed by atoms with Crippen LogP contribution in [0.15, 0.2) is 54.6 Å². The quantitative estimate of drug-likeness (QED) is 0.643. The fraction of sp³-hybridized carbons (Fsp3) is 0.429. The monoisotopic (exact) mass is 278 g/mol. The molecule has 2 aromatic rings. The van der Waals surface area contributed by atoms with Gasteiger partial charge in [-0.1, -0.05) is 68.4 Å². The molecule has 1 unspecified atom stereocenters. The van der Waals surface area contributed by atoms with Gasteiger partial charge in [-0.2, -0.15) is 0 Å². The molecule has 1 aliphatic rings. The molecule has 0 heterocycles. The van der Waals surface area contributed by atoms with Crippen LogP contribution in [-0.2, 0) is 12.8 Å². The topological polar surface area (TPSA) is 0 Å².